The maximum atomic E-state index is 6.02. The standard InChI is InChI=1S/C12H16N6O/c1-6-9-10(16-18(3)15-9)8-7(19-4)5-14-12(13)11(8)17(6)2/h5-6H,1-4H3,(H2,13,14). The van der Waals surface area contributed by atoms with E-state index in [4.69, 9.17) is 10.5 Å². The minimum Gasteiger partial charge on any atom is -0.494 e. The molecule has 0 spiro atoms. The summed E-state index contributed by atoms with van der Waals surface area (Å²) in [5, 5.41) is 8.88. The number of anilines is 2. The molecule has 7 heteroatoms. The molecule has 0 aromatic carbocycles. The van der Waals surface area contributed by atoms with Crippen molar-refractivity contribution in [1.29, 1.82) is 0 Å². The van der Waals surface area contributed by atoms with E-state index >= 15 is 0 Å². The number of fused-ring (bicyclic) bond motifs is 3. The van der Waals surface area contributed by atoms with Gasteiger partial charge in [0.15, 0.2) is 0 Å². The molecule has 19 heavy (non-hydrogen) atoms. The molecule has 0 saturated heterocycles. The van der Waals surface area contributed by atoms with Gasteiger partial charge >= 0.3 is 0 Å². The van der Waals surface area contributed by atoms with Crippen LogP contribution in [0.2, 0.25) is 0 Å². The monoisotopic (exact) mass is 260 g/mol. The fourth-order valence-electron chi connectivity index (χ4n) is 2.50. The smallest absolute Gasteiger partial charge is 0.148 e. The number of hydrogen-bond donors (Lipinski definition) is 1. The van der Waals surface area contributed by atoms with Crippen molar-refractivity contribution < 1.29 is 4.74 Å². The molecule has 2 aromatic heterocycles. The van der Waals surface area contributed by atoms with Crippen LogP contribution in [0.4, 0.5) is 11.5 Å². The second-order valence-electron chi connectivity index (χ2n) is 4.65. The van der Waals surface area contributed by atoms with E-state index in [0.29, 0.717) is 11.6 Å². The molecule has 1 atom stereocenters. The Bertz CT molecular complexity index is 650. The molecule has 0 fully saturated rings. The average Bonchev–Trinajstić information content (AvgIpc) is 2.77. The third kappa shape index (κ3) is 1.47. The minimum atomic E-state index is 0.0902. The van der Waals surface area contributed by atoms with Crippen LogP contribution < -0.4 is 15.4 Å². The van der Waals surface area contributed by atoms with Crippen LogP contribution in [0.3, 0.4) is 0 Å². The number of nitrogen functional groups attached to an aromatic ring is 1. The van der Waals surface area contributed by atoms with Crippen molar-refractivity contribution in [3.8, 4) is 17.0 Å². The third-order valence-corrected chi connectivity index (χ3v) is 3.57. The van der Waals surface area contributed by atoms with Gasteiger partial charge in [-0.1, -0.05) is 0 Å². The third-order valence-electron chi connectivity index (χ3n) is 3.57. The molecule has 1 aliphatic rings. The number of nitrogens with zero attached hydrogens (tertiary/aromatic N) is 5. The molecule has 3 heterocycles. The van der Waals surface area contributed by atoms with E-state index in [1.54, 1.807) is 18.1 Å². The average molecular weight is 260 g/mol. The number of rotatable bonds is 1. The molecule has 1 unspecified atom stereocenters. The van der Waals surface area contributed by atoms with Crippen LogP contribution in [-0.2, 0) is 7.05 Å². The fourth-order valence-corrected chi connectivity index (χ4v) is 2.50. The number of ether oxygens (including phenoxy) is 1. The molecular formula is C12H16N6O. The van der Waals surface area contributed by atoms with Crippen LogP contribution in [0.15, 0.2) is 6.20 Å². The maximum Gasteiger partial charge on any atom is 0.148 e. The molecule has 7 nitrogen and oxygen atoms in total. The van der Waals surface area contributed by atoms with Crippen LogP contribution in [0, 0.1) is 0 Å². The van der Waals surface area contributed by atoms with E-state index < -0.39 is 0 Å². The molecule has 0 bridgehead atoms. The largest absolute Gasteiger partial charge is 0.494 e. The van der Waals surface area contributed by atoms with Gasteiger partial charge in [-0.25, -0.2) is 4.98 Å². The van der Waals surface area contributed by atoms with Gasteiger partial charge in [-0.15, -0.1) is 0 Å². The summed E-state index contributed by atoms with van der Waals surface area (Å²) in [7, 11) is 5.39. The first-order chi connectivity index (χ1) is 9.04. The lowest BCUT2D eigenvalue weighted by molar-refractivity contribution is 0.414. The van der Waals surface area contributed by atoms with Gasteiger partial charge in [-0.3, -0.25) is 0 Å². The lowest BCUT2D eigenvalue weighted by Gasteiger charge is -2.33. The highest BCUT2D eigenvalue weighted by atomic mass is 16.5. The number of pyridine rings is 1. The van der Waals surface area contributed by atoms with E-state index in [-0.39, 0.29) is 6.04 Å². The number of nitrogens with two attached hydrogens (primary N) is 1. The van der Waals surface area contributed by atoms with Crippen molar-refractivity contribution >= 4 is 11.5 Å². The molecule has 3 rings (SSSR count). The van der Waals surface area contributed by atoms with E-state index in [9.17, 15) is 0 Å². The summed E-state index contributed by atoms with van der Waals surface area (Å²) in [5.41, 5.74) is 9.46. The summed E-state index contributed by atoms with van der Waals surface area (Å²) < 4.78 is 5.40. The minimum absolute atomic E-state index is 0.0902. The van der Waals surface area contributed by atoms with Gasteiger partial charge in [0, 0.05) is 14.1 Å². The van der Waals surface area contributed by atoms with Crippen molar-refractivity contribution in [3.63, 3.8) is 0 Å². The van der Waals surface area contributed by atoms with E-state index in [2.05, 4.69) is 27.0 Å². The van der Waals surface area contributed by atoms with Crippen LogP contribution >= 0.6 is 0 Å². The van der Waals surface area contributed by atoms with Gasteiger partial charge < -0.3 is 15.4 Å². The summed E-state index contributed by atoms with van der Waals surface area (Å²) in [6, 6.07) is 0.0902. The second kappa shape index (κ2) is 3.84. The van der Waals surface area contributed by atoms with Crippen molar-refractivity contribution in [2.75, 3.05) is 24.8 Å². The Morgan fingerprint density at radius 1 is 1.32 bits per heavy atom. The van der Waals surface area contributed by atoms with Gasteiger partial charge in [-0.05, 0) is 6.92 Å². The topological polar surface area (TPSA) is 82.1 Å². The molecule has 1 aliphatic heterocycles. The van der Waals surface area contributed by atoms with Gasteiger partial charge in [0.2, 0.25) is 0 Å². The van der Waals surface area contributed by atoms with Crippen LogP contribution in [0.25, 0.3) is 11.3 Å². The molecule has 0 radical (unpaired) electrons. The number of aryl methyl sites for hydroxylation is 1. The normalized spacial score (nSPS) is 17.1. The van der Waals surface area contributed by atoms with Crippen molar-refractivity contribution in [1.82, 2.24) is 20.0 Å². The Hall–Kier alpha value is -2.31. The molecular weight excluding hydrogens is 244 g/mol. The number of hydrogen-bond acceptors (Lipinski definition) is 6. The van der Waals surface area contributed by atoms with Gasteiger partial charge in [0.1, 0.15) is 23.0 Å². The van der Waals surface area contributed by atoms with Crippen molar-refractivity contribution in [2.45, 2.75) is 13.0 Å². The Kier molecular flexibility index (Phi) is 2.38. The predicted molar refractivity (Wildman–Crippen MR) is 72.0 cm³/mol. The molecule has 0 amide bonds. The number of aromatic nitrogens is 4. The first kappa shape index (κ1) is 11.8. The predicted octanol–water partition coefficient (Wildman–Crippen LogP) is 0.979. The van der Waals surface area contributed by atoms with E-state index in [0.717, 1.165) is 22.6 Å². The zero-order valence-corrected chi connectivity index (χ0v) is 11.4. The first-order valence-electron chi connectivity index (χ1n) is 6.01. The Morgan fingerprint density at radius 2 is 2.05 bits per heavy atom. The van der Waals surface area contributed by atoms with Crippen LogP contribution in [0.1, 0.15) is 18.7 Å². The molecule has 2 N–H and O–H groups in total. The Morgan fingerprint density at radius 3 is 2.74 bits per heavy atom. The molecule has 100 valence electrons. The fraction of sp³-hybridized carbons (Fsp3) is 0.417. The van der Waals surface area contributed by atoms with Gasteiger partial charge in [-0.2, -0.15) is 15.0 Å². The second-order valence-corrected chi connectivity index (χ2v) is 4.65. The maximum absolute atomic E-state index is 6.02. The summed E-state index contributed by atoms with van der Waals surface area (Å²) in [6.07, 6.45) is 1.62. The summed E-state index contributed by atoms with van der Waals surface area (Å²) in [6.45, 7) is 2.06. The molecule has 2 aromatic rings. The van der Waals surface area contributed by atoms with Gasteiger partial charge in [0.25, 0.3) is 0 Å². The zero-order chi connectivity index (χ0) is 13.7. The first-order valence-corrected chi connectivity index (χ1v) is 6.01. The quantitative estimate of drug-likeness (QED) is 0.823. The molecule has 0 saturated carbocycles. The van der Waals surface area contributed by atoms with E-state index in [1.807, 2.05) is 14.1 Å². The highest BCUT2D eigenvalue weighted by Gasteiger charge is 2.34. The molecule has 0 aliphatic carbocycles. The van der Waals surface area contributed by atoms with E-state index in [1.165, 1.54) is 0 Å². The summed E-state index contributed by atoms with van der Waals surface area (Å²) >= 11 is 0. The number of methoxy groups -OCH3 is 1. The lowest BCUT2D eigenvalue weighted by Crippen LogP contribution is -2.28. The SMILES string of the molecule is COc1cnc(N)c2c1-c1nn(C)nc1C(C)N2C. The van der Waals surface area contributed by atoms with Crippen molar-refractivity contribution in [3.05, 3.63) is 11.9 Å². The summed E-state index contributed by atoms with van der Waals surface area (Å²) in [5.74, 6) is 1.13. The van der Waals surface area contributed by atoms with Crippen molar-refractivity contribution in [2.24, 2.45) is 7.05 Å². The zero-order valence-electron chi connectivity index (χ0n) is 11.4. The van der Waals surface area contributed by atoms with Gasteiger partial charge in [0.05, 0.1) is 30.6 Å². The highest BCUT2D eigenvalue weighted by Crippen LogP contribution is 2.48. The highest BCUT2D eigenvalue weighted by molar-refractivity contribution is 5.91. The lowest BCUT2D eigenvalue weighted by atomic mass is 9.98. The Balaban J connectivity index is 2.39. The summed E-state index contributed by atoms with van der Waals surface area (Å²) in [4.78, 5) is 7.81. The van der Waals surface area contributed by atoms with Crippen LogP contribution in [-0.4, -0.2) is 34.1 Å². The Labute approximate surface area is 111 Å². The van der Waals surface area contributed by atoms with Crippen LogP contribution in [0.5, 0.6) is 5.75 Å².